The number of amides is 1. The van der Waals surface area contributed by atoms with Crippen molar-refractivity contribution in [3.8, 4) is 0 Å². The van der Waals surface area contributed by atoms with E-state index in [9.17, 15) is 9.59 Å². The Hall–Kier alpha value is -1.44. The van der Waals surface area contributed by atoms with Crippen LogP contribution in [0.2, 0.25) is 5.02 Å². The summed E-state index contributed by atoms with van der Waals surface area (Å²) in [6.45, 7) is 5.30. The first-order valence-corrected chi connectivity index (χ1v) is 10.3. The maximum atomic E-state index is 12.6. The Labute approximate surface area is 163 Å². The minimum Gasteiger partial charge on any atom is -0.468 e. The number of hydrogen-bond acceptors (Lipinski definition) is 5. The number of benzene rings is 1. The van der Waals surface area contributed by atoms with Crippen molar-refractivity contribution >= 4 is 40.9 Å². The van der Waals surface area contributed by atoms with Crippen LogP contribution in [0.15, 0.2) is 24.3 Å². The summed E-state index contributed by atoms with van der Waals surface area (Å²) in [5, 5.41) is 0.489. The lowest BCUT2D eigenvalue weighted by Crippen LogP contribution is -3.16. The number of piperazine rings is 1. The van der Waals surface area contributed by atoms with Gasteiger partial charge < -0.3 is 19.4 Å². The number of nitrogens with one attached hydrogen (secondary N) is 1. The number of rotatable bonds is 4. The molecule has 2 saturated heterocycles. The molecule has 0 radical (unpaired) electrons. The van der Waals surface area contributed by atoms with Crippen LogP contribution in [-0.2, 0) is 14.3 Å². The molecule has 0 saturated carbocycles. The highest BCUT2D eigenvalue weighted by Crippen LogP contribution is 2.20. The summed E-state index contributed by atoms with van der Waals surface area (Å²) >= 11 is 7.64. The molecular weight excluding hydrogens is 374 g/mol. The average molecular weight is 399 g/mol. The quantitative estimate of drug-likeness (QED) is 0.732. The van der Waals surface area contributed by atoms with Crippen LogP contribution < -0.4 is 9.80 Å². The van der Waals surface area contributed by atoms with E-state index in [2.05, 4.69) is 11.0 Å². The maximum Gasteiger partial charge on any atom is 0.320 e. The van der Waals surface area contributed by atoms with Crippen molar-refractivity contribution in [2.24, 2.45) is 0 Å². The van der Waals surface area contributed by atoms with E-state index in [4.69, 9.17) is 16.3 Å². The van der Waals surface area contributed by atoms with E-state index in [1.54, 1.807) is 11.8 Å². The van der Waals surface area contributed by atoms with Crippen molar-refractivity contribution < 1.29 is 19.2 Å². The van der Waals surface area contributed by atoms with Gasteiger partial charge in [0.05, 0.1) is 33.3 Å². The van der Waals surface area contributed by atoms with Crippen molar-refractivity contribution in [1.82, 2.24) is 4.90 Å². The van der Waals surface area contributed by atoms with Crippen LogP contribution >= 0.6 is 23.4 Å². The molecule has 2 heterocycles. The van der Waals surface area contributed by atoms with Gasteiger partial charge in [-0.15, -0.1) is 11.8 Å². The van der Waals surface area contributed by atoms with Crippen LogP contribution in [0.5, 0.6) is 0 Å². The molecule has 1 N–H and O–H groups in total. The van der Waals surface area contributed by atoms with Gasteiger partial charge in [0.2, 0.25) is 0 Å². The minimum absolute atomic E-state index is 0.130. The van der Waals surface area contributed by atoms with Gasteiger partial charge in [0, 0.05) is 29.6 Å². The third-order valence-electron chi connectivity index (χ3n) is 4.93. The van der Waals surface area contributed by atoms with Crippen molar-refractivity contribution in [3.63, 3.8) is 0 Å². The monoisotopic (exact) mass is 398 g/mol. The highest BCUT2D eigenvalue weighted by Gasteiger charge is 2.32. The van der Waals surface area contributed by atoms with E-state index >= 15 is 0 Å². The second kappa shape index (κ2) is 8.97. The van der Waals surface area contributed by atoms with E-state index in [0.717, 1.165) is 42.6 Å². The number of quaternary nitrogens is 1. The molecule has 1 amide bonds. The molecule has 2 aliphatic rings. The first kappa shape index (κ1) is 19.3. The number of ether oxygens (including phenoxy) is 1. The van der Waals surface area contributed by atoms with Gasteiger partial charge in [-0.1, -0.05) is 17.7 Å². The fraction of sp³-hybridized carbons (Fsp3) is 0.556. The number of thioether (sulfide) groups is 1. The molecule has 6 nitrogen and oxygen atoms in total. The standard InChI is InChI=1S/C18H24ClN3O3S/c1-25-18(24)16-12-22(9-10-26-16)17(23)13-20-5-7-21(8-6-20)15-4-2-3-14(19)11-15/h2-4,11,16H,5-10,12-13H2,1H3/p+1/t16-/m1/s1. The van der Waals surface area contributed by atoms with Crippen LogP contribution in [-0.4, -0.2) is 80.7 Å². The zero-order valence-corrected chi connectivity index (χ0v) is 16.5. The van der Waals surface area contributed by atoms with Gasteiger partial charge in [-0.3, -0.25) is 9.59 Å². The van der Waals surface area contributed by atoms with Crippen LogP contribution in [0, 0.1) is 0 Å². The second-order valence-electron chi connectivity index (χ2n) is 6.62. The molecule has 142 valence electrons. The van der Waals surface area contributed by atoms with Gasteiger partial charge in [0.25, 0.3) is 5.91 Å². The number of methoxy groups -OCH3 is 1. The highest BCUT2D eigenvalue weighted by atomic mass is 35.5. The molecule has 0 bridgehead atoms. The molecule has 26 heavy (non-hydrogen) atoms. The maximum absolute atomic E-state index is 12.6. The Morgan fingerprint density at radius 3 is 2.77 bits per heavy atom. The normalized spacial score (nSPS) is 21.5. The van der Waals surface area contributed by atoms with Crippen LogP contribution in [0.3, 0.4) is 0 Å². The summed E-state index contributed by atoms with van der Waals surface area (Å²) in [6.07, 6.45) is 0. The Morgan fingerprint density at radius 2 is 2.08 bits per heavy atom. The zero-order valence-electron chi connectivity index (χ0n) is 14.9. The van der Waals surface area contributed by atoms with Crippen molar-refractivity contribution in [3.05, 3.63) is 29.3 Å². The number of carbonyl (C=O) groups excluding carboxylic acids is 2. The van der Waals surface area contributed by atoms with Crippen molar-refractivity contribution in [2.75, 3.05) is 63.6 Å². The summed E-state index contributed by atoms with van der Waals surface area (Å²) in [6, 6.07) is 7.90. The Morgan fingerprint density at radius 1 is 1.31 bits per heavy atom. The van der Waals surface area contributed by atoms with Crippen LogP contribution in [0.25, 0.3) is 0 Å². The number of hydrogen-bond donors (Lipinski definition) is 1. The average Bonchev–Trinajstić information content (AvgIpc) is 2.68. The van der Waals surface area contributed by atoms with Crippen LogP contribution in [0.4, 0.5) is 5.69 Å². The third-order valence-corrected chi connectivity index (χ3v) is 6.33. The van der Waals surface area contributed by atoms with Gasteiger partial charge in [0.15, 0.2) is 6.54 Å². The molecule has 1 aromatic rings. The number of halogens is 1. The molecule has 0 spiro atoms. The Balaban J connectivity index is 1.48. The summed E-state index contributed by atoms with van der Waals surface area (Å²) in [4.78, 5) is 29.8. The molecule has 2 aliphatic heterocycles. The molecule has 8 heteroatoms. The fourth-order valence-corrected chi connectivity index (χ4v) is 4.72. The third kappa shape index (κ3) is 4.84. The summed E-state index contributed by atoms with van der Waals surface area (Å²) in [5.41, 5.74) is 1.14. The lowest BCUT2D eigenvalue weighted by Gasteiger charge is -2.35. The summed E-state index contributed by atoms with van der Waals surface area (Å²) in [7, 11) is 1.40. The molecule has 0 unspecified atom stereocenters. The SMILES string of the molecule is COC(=O)[C@H]1CN(C(=O)C[NH+]2CCN(c3cccc(Cl)c3)CC2)CCS1. The molecular formula is C18H25ClN3O3S+. The number of nitrogens with zero attached hydrogens (tertiary/aromatic N) is 2. The molecule has 0 aromatic heterocycles. The Bertz CT molecular complexity index is 652. The predicted molar refractivity (Wildman–Crippen MR) is 104 cm³/mol. The van der Waals surface area contributed by atoms with E-state index in [-0.39, 0.29) is 17.1 Å². The minimum atomic E-state index is -0.257. The highest BCUT2D eigenvalue weighted by molar-refractivity contribution is 8.00. The van der Waals surface area contributed by atoms with Crippen molar-refractivity contribution in [1.29, 1.82) is 0 Å². The van der Waals surface area contributed by atoms with Gasteiger partial charge in [0.1, 0.15) is 5.25 Å². The lowest BCUT2D eigenvalue weighted by atomic mass is 10.2. The summed E-state index contributed by atoms with van der Waals surface area (Å²) < 4.78 is 4.81. The fourth-order valence-electron chi connectivity index (χ4n) is 3.41. The van der Waals surface area contributed by atoms with Gasteiger partial charge in [-0.25, -0.2) is 0 Å². The van der Waals surface area contributed by atoms with Gasteiger partial charge in [-0.05, 0) is 18.2 Å². The van der Waals surface area contributed by atoms with Crippen LogP contribution in [0.1, 0.15) is 0 Å². The number of anilines is 1. The molecule has 2 fully saturated rings. The topological polar surface area (TPSA) is 54.3 Å². The Kier molecular flexibility index (Phi) is 6.67. The molecule has 1 aromatic carbocycles. The first-order chi connectivity index (χ1) is 12.6. The van der Waals surface area contributed by atoms with E-state index in [1.165, 1.54) is 12.0 Å². The number of esters is 1. The first-order valence-electron chi connectivity index (χ1n) is 8.88. The second-order valence-corrected chi connectivity index (χ2v) is 8.36. The van der Waals surface area contributed by atoms with E-state index in [1.807, 2.05) is 23.1 Å². The van der Waals surface area contributed by atoms with Gasteiger partial charge in [-0.2, -0.15) is 0 Å². The molecule has 3 rings (SSSR count). The van der Waals surface area contributed by atoms with E-state index < -0.39 is 0 Å². The van der Waals surface area contributed by atoms with Gasteiger partial charge >= 0.3 is 5.97 Å². The predicted octanol–water partition coefficient (Wildman–Crippen LogP) is 0.162. The van der Waals surface area contributed by atoms with Crippen molar-refractivity contribution in [2.45, 2.75) is 5.25 Å². The molecule has 1 atom stereocenters. The number of carbonyl (C=O) groups is 2. The largest absolute Gasteiger partial charge is 0.468 e. The van der Waals surface area contributed by atoms with E-state index in [0.29, 0.717) is 19.6 Å². The smallest absolute Gasteiger partial charge is 0.320 e. The molecule has 0 aliphatic carbocycles. The zero-order chi connectivity index (χ0) is 18.5. The lowest BCUT2D eigenvalue weighted by molar-refractivity contribution is -0.892. The summed E-state index contributed by atoms with van der Waals surface area (Å²) in [5.74, 6) is 0.670.